The molecule has 108 valence electrons. The number of fused-ring (bicyclic) bond motifs is 1. The van der Waals surface area contributed by atoms with Crippen LogP contribution in [0.1, 0.15) is 24.2 Å². The first-order valence-electron chi connectivity index (χ1n) is 6.55. The molecule has 0 saturated carbocycles. The zero-order valence-electron chi connectivity index (χ0n) is 11.7. The second-order valence-electron chi connectivity index (χ2n) is 4.76. The number of likely N-dealkylation sites (N-methyl/N-ethyl adjacent to an activating group) is 1. The van der Waals surface area contributed by atoms with Gasteiger partial charge in [0.2, 0.25) is 0 Å². The Morgan fingerprint density at radius 2 is 2.10 bits per heavy atom. The van der Waals surface area contributed by atoms with Crippen molar-refractivity contribution in [1.29, 1.82) is 0 Å². The van der Waals surface area contributed by atoms with Crippen molar-refractivity contribution in [1.82, 2.24) is 4.90 Å². The quantitative estimate of drug-likeness (QED) is 0.801. The molecule has 0 N–H and O–H groups in total. The van der Waals surface area contributed by atoms with Crippen LogP contribution in [0.4, 0.5) is 0 Å². The molecule has 5 heteroatoms. The Hall–Kier alpha value is -1.68. The van der Waals surface area contributed by atoms with Crippen LogP contribution in [0.3, 0.4) is 0 Å². The summed E-state index contributed by atoms with van der Waals surface area (Å²) in [5.41, 5.74) is 1.44. The number of carbonyl (C=O) groups is 1. The van der Waals surface area contributed by atoms with Gasteiger partial charge in [-0.05, 0) is 26.0 Å². The van der Waals surface area contributed by atoms with Crippen molar-refractivity contribution in [3.63, 3.8) is 0 Å². The van der Waals surface area contributed by atoms with Crippen LogP contribution in [-0.4, -0.2) is 37.1 Å². The molecule has 1 aliphatic rings. The molecule has 1 aromatic carbocycles. The highest BCUT2D eigenvalue weighted by Gasteiger charge is 2.21. The van der Waals surface area contributed by atoms with Gasteiger partial charge in [-0.2, -0.15) is 0 Å². The van der Waals surface area contributed by atoms with Crippen LogP contribution >= 0.6 is 11.6 Å². The average Bonchev–Trinajstić information content (AvgIpc) is 2.43. The van der Waals surface area contributed by atoms with Gasteiger partial charge in [0.15, 0.2) is 11.5 Å². The lowest BCUT2D eigenvalue weighted by Gasteiger charge is -2.23. The van der Waals surface area contributed by atoms with E-state index in [1.165, 1.54) is 0 Å². The third-order valence-electron chi connectivity index (χ3n) is 2.97. The van der Waals surface area contributed by atoms with Gasteiger partial charge in [0.1, 0.15) is 13.2 Å². The second-order valence-corrected chi connectivity index (χ2v) is 5.17. The monoisotopic (exact) mass is 295 g/mol. The number of nitrogens with zero attached hydrogens (tertiary/aromatic N) is 1. The van der Waals surface area contributed by atoms with E-state index in [0.717, 1.165) is 5.57 Å². The lowest BCUT2D eigenvalue weighted by Crippen LogP contribution is -2.32. The lowest BCUT2D eigenvalue weighted by atomic mass is 10.1. The third-order valence-corrected chi connectivity index (χ3v) is 3.25. The second kappa shape index (κ2) is 6.18. The van der Waals surface area contributed by atoms with Gasteiger partial charge in [-0.1, -0.05) is 23.8 Å². The van der Waals surface area contributed by atoms with Crippen LogP contribution < -0.4 is 9.47 Å². The minimum absolute atomic E-state index is 0.0885. The average molecular weight is 296 g/mol. The zero-order chi connectivity index (χ0) is 14.7. The van der Waals surface area contributed by atoms with Gasteiger partial charge in [0, 0.05) is 18.7 Å². The van der Waals surface area contributed by atoms with E-state index in [9.17, 15) is 4.79 Å². The Bertz CT molecular complexity index is 542. The number of halogens is 1. The van der Waals surface area contributed by atoms with Crippen LogP contribution in [0.5, 0.6) is 11.5 Å². The van der Waals surface area contributed by atoms with Crippen molar-refractivity contribution in [2.24, 2.45) is 0 Å². The van der Waals surface area contributed by atoms with Crippen molar-refractivity contribution in [2.45, 2.75) is 13.8 Å². The minimum Gasteiger partial charge on any atom is -0.486 e. The van der Waals surface area contributed by atoms with Crippen LogP contribution in [0, 0.1) is 0 Å². The van der Waals surface area contributed by atoms with Gasteiger partial charge >= 0.3 is 0 Å². The molecule has 1 amide bonds. The van der Waals surface area contributed by atoms with E-state index in [0.29, 0.717) is 48.4 Å². The van der Waals surface area contributed by atoms with E-state index in [1.54, 1.807) is 17.0 Å². The first-order chi connectivity index (χ1) is 9.52. The van der Waals surface area contributed by atoms with Gasteiger partial charge in [0.05, 0.1) is 5.02 Å². The first-order valence-corrected chi connectivity index (χ1v) is 6.93. The third kappa shape index (κ3) is 3.07. The Balaban J connectivity index is 2.30. The van der Waals surface area contributed by atoms with E-state index in [-0.39, 0.29) is 5.91 Å². The molecule has 0 aliphatic carbocycles. The maximum absolute atomic E-state index is 12.5. The summed E-state index contributed by atoms with van der Waals surface area (Å²) in [5.74, 6) is 0.949. The minimum atomic E-state index is -0.0885. The van der Waals surface area contributed by atoms with Crippen LogP contribution in [0.25, 0.3) is 0 Å². The highest BCUT2D eigenvalue weighted by molar-refractivity contribution is 6.32. The summed E-state index contributed by atoms with van der Waals surface area (Å²) in [6.07, 6.45) is 0. The van der Waals surface area contributed by atoms with E-state index >= 15 is 0 Å². The molecule has 0 aromatic heterocycles. The van der Waals surface area contributed by atoms with Gasteiger partial charge in [-0.3, -0.25) is 4.79 Å². The summed E-state index contributed by atoms with van der Waals surface area (Å²) in [6, 6.07) is 3.31. The number of hydrogen-bond donors (Lipinski definition) is 0. The van der Waals surface area contributed by atoms with Crippen LogP contribution in [0.2, 0.25) is 5.02 Å². The SMILES string of the molecule is C=C(C)CN(CC)C(=O)c1cc(Cl)c2c(c1)OCCO2. The molecule has 4 nitrogen and oxygen atoms in total. The molecule has 1 aliphatic heterocycles. The molecule has 1 heterocycles. The smallest absolute Gasteiger partial charge is 0.254 e. The molecular weight excluding hydrogens is 278 g/mol. The molecular formula is C15H18ClNO3. The Labute approximate surface area is 123 Å². The summed E-state index contributed by atoms with van der Waals surface area (Å²) in [7, 11) is 0. The van der Waals surface area contributed by atoms with Crippen LogP contribution in [0.15, 0.2) is 24.3 Å². The highest BCUT2D eigenvalue weighted by Crippen LogP contribution is 2.38. The molecule has 20 heavy (non-hydrogen) atoms. The molecule has 0 bridgehead atoms. The summed E-state index contributed by atoms with van der Waals surface area (Å²) < 4.78 is 10.9. The summed E-state index contributed by atoms with van der Waals surface area (Å²) >= 11 is 6.15. The number of rotatable bonds is 4. The largest absolute Gasteiger partial charge is 0.486 e. The molecule has 0 saturated heterocycles. The fourth-order valence-corrected chi connectivity index (χ4v) is 2.34. The summed E-state index contributed by atoms with van der Waals surface area (Å²) in [5, 5.41) is 0.400. The highest BCUT2D eigenvalue weighted by atomic mass is 35.5. The predicted octanol–water partition coefficient (Wildman–Crippen LogP) is 3.15. The molecule has 0 radical (unpaired) electrons. The van der Waals surface area contributed by atoms with Gasteiger partial charge in [0.25, 0.3) is 5.91 Å². The number of amides is 1. The Morgan fingerprint density at radius 3 is 2.75 bits per heavy atom. The predicted molar refractivity (Wildman–Crippen MR) is 78.8 cm³/mol. The molecule has 0 unspecified atom stereocenters. The van der Waals surface area contributed by atoms with E-state index in [1.807, 2.05) is 13.8 Å². The number of benzene rings is 1. The van der Waals surface area contributed by atoms with E-state index in [2.05, 4.69) is 6.58 Å². The maximum atomic E-state index is 12.5. The van der Waals surface area contributed by atoms with Crippen molar-refractivity contribution < 1.29 is 14.3 Å². The van der Waals surface area contributed by atoms with Crippen LogP contribution in [-0.2, 0) is 0 Å². The summed E-state index contributed by atoms with van der Waals surface area (Å²) in [6.45, 7) is 9.74. The van der Waals surface area contributed by atoms with E-state index < -0.39 is 0 Å². The van der Waals surface area contributed by atoms with Crippen molar-refractivity contribution >= 4 is 17.5 Å². The normalized spacial score (nSPS) is 12.9. The van der Waals surface area contributed by atoms with Gasteiger partial charge in [-0.25, -0.2) is 0 Å². The van der Waals surface area contributed by atoms with E-state index in [4.69, 9.17) is 21.1 Å². The maximum Gasteiger partial charge on any atom is 0.254 e. The topological polar surface area (TPSA) is 38.8 Å². The fourth-order valence-electron chi connectivity index (χ4n) is 2.07. The number of carbonyl (C=O) groups excluding carboxylic acids is 1. The van der Waals surface area contributed by atoms with Crippen molar-refractivity contribution in [3.05, 3.63) is 34.9 Å². The molecule has 0 atom stereocenters. The lowest BCUT2D eigenvalue weighted by molar-refractivity contribution is 0.0777. The molecule has 0 fully saturated rings. The van der Waals surface area contributed by atoms with Gasteiger partial charge in [-0.15, -0.1) is 0 Å². The zero-order valence-corrected chi connectivity index (χ0v) is 12.5. The summed E-state index contributed by atoms with van der Waals surface area (Å²) in [4.78, 5) is 14.2. The molecule has 0 spiro atoms. The molecule has 2 rings (SSSR count). The van der Waals surface area contributed by atoms with Gasteiger partial charge < -0.3 is 14.4 Å². The first kappa shape index (κ1) is 14.7. The fraction of sp³-hybridized carbons (Fsp3) is 0.400. The standard InChI is InChI=1S/C15H18ClNO3/c1-4-17(9-10(2)3)15(18)11-7-12(16)14-13(8-11)19-5-6-20-14/h7-8H,2,4-6,9H2,1,3H3. The number of hydrogen-bond acceptors (Lipinski definition) is 3. The van der Waals surface area contributed by atoms with Crippen molar-refractivity contribution in [2.75, 3.05) is 26.3 Å². The Kier molecular flexibility index (Phi) is 4.55. The Morgan fingerprint density at radius 1 is 1.40 bits per heavy atom. The molecule has 1 aromatic rings. The number of ether oxygens (including phenoxy) is 2. The van der Waals surface area contributed by atoms with Crippen molar-refractivity contribution in [3.8, 4) is 11.5 Å².